The summed E-state index contributed by atoms with van der Waals surface area (Å²) < 4.78 is 26.9. The molecule has 0 unspecified atom stereocenters. The largest absolute Gasteiger partial charge is 0.346 e. The highest BCUT2D eigenvalue weighted by Gasteiger charge is 2.36. The Morgan fingerprint density at radius 2 is 2.22 bits per heavy atom. The molecule has 3 aromatic rings. The Bertz CT molecular complexity index is 953. The molecule has 0 amide bonds. The summed E-state index contributed by atoms with van der Waals surface area (Å²) in [7, 11) is -3.09. The summed E-state index contributed by atoms with van der Waals surface area (Å²) in [6.45, 7) is 2.65. The van der Waals surface area contributed by atoms with Gasteiger partial charge in [-0.2, -0.15) is 9.40 Å². The van der Waals surface area contributed by atoms with E-state index in [1.807, 2.05) is 35.4 Å². The number of fused-ring (bicyclic) bond motifs is 1. The van der Waals surface area contributed by atoms with Gasteiger partial charge in [0.05, 0.1) is 18.0 Å². The Kier molecular flexibility index (Phi) is 3.24. The van der Waals surface area contributed by atoms with Crippen LogP contribution in [-0.4, -0.2) is 51.3 Å². The molecule has 3 aromatic heterocycles. The van der Waals surface area contributed by atoms with Crippen molar-refractivity contribution in [2.24, 2.45) is 0 Å². The maximum Gasteiger partial charge on any atom is 0.213 e. The fraction of sp³-hybridized carbons (Fsp3) is 0.333. The lowest BCUT2D eigenvalue weighted by atomic mass is 10.1. The van der Waals surface area contributed by atoms with Crippen molar-refractivity contribution in [3.05, 3.63) is 36.9 Å². The molecule has 0 saturated carbocycles. The van der Waals surface area contributed by atoms with Crippen LogP contribution in [0.5, 0.6) is 0 Å². The van der Waals surface area contributed by atoms with Crippen LogP contribution < -0.4 is 0 Å². The maximum absolute atomic E-state index is 11.8. The summed E-state index contributed by atoms with van der Waals surface area (Å²) in [6.07, 6.45) is 7.46. The molecular formula is C15H17N5O2S. The molecule has 0 aromatic carbocycles. The van der Waals surface area contributed by atoms with Gasteiger partial charge < -0.3 is 4.98 Å². The van der Waals surface area contributed by atoms with Crippen LogP contribution in [0.2, 0.25) is 0 Å². The van der Waals surface area contributed by atoms with E-state index < -0.39 is 10.0 Å². The Morgan fingerprint density at radius 1 is 1.39 bits per heavy atom. The molecule has 0 aliphatic carbocycles. The summed E-state index contributed by atoms with van der Waals surface area (Å²) in [5.74, 6) is 0.145. The predicted molar refractivity (Wildman–Crippen MR) is 87.4 cm³/mol. The third-order valence-corrected chi connectivity index (χ3v) is 6.14. The number of aromatic amines is 1. The zero-order chi connectivity index (χ0) is 16.0. The van der Waals surface area contributed by atoms with E-state index in [2.05, 4.69) is 15.1 Å². The van der Waals surface area contributed by atoms with E-state index in [9.17, 15) is 8.42 Å². The number of rotatable bonds is 4. The number of hydrogen-bond donors (Lipinski definition) is 1. The van der Waals surface area contributed by atoms with E-state index in [0.717, 1.165) is 22.2 Å². The molecule has 7 nitrogen and oxygen atoms in total. The second-order valence-electron chi connectivity index (χ2n) is 5.68. The lowest BCUT2D eigenvalue weighted by molar-refractivity contribution is 0.191. The van der Waals surface area contributed by atoms with Crippen LogP contribution in [0.15, 0.2) is 36.9 Å². The highest BCUT2D eigenvalue weighted by atomic mass is 32.2. The molecule has 0 spiro atoms. The molecule has 0 radical (unpaired) electrons. The third-order valence-electron chi connectivity index (χ3n) is 4.32. The van der Waals surface area contributed by atoms with Gasteiger partial charge in [-0.05, 0) is 19.1 Å². The van der Waals surface area contributed by atoms with Crippen LogP contribution in [0, 0.1) is 0 Å². The molecule has 8 heteroatoms. The van der Waals surface area contributed by atoms with Crippen molar-refractivity contribution in [2.45, 2.75) is 13.0 Å². The van der Waals surface area contributed by atoms with Crippen LogP contribution in [0.3, 0.4) is 0 Å². The second-order valence-corrected chi connectivity index (χ2v) is 7.94. The first-order valence-electron chi connectivity index (χ1n) is 7.53. The van der Waals surface area contributed by atoms with Gasteiger partial charge >= 0.3 is 0 Å². The predicted octanol–water partition coefficient (Wildman–Crippen LogP) is 1.63. The van der Waals surface area contributed by atoms with Crippen molar-refractivity contribution in [2.75, 3.05) is 18.8 Å². The average Bonchev–Trinajstić information content (AvgIpc) is 3.12. The molecule has 1 aliphatic heterocycles. The van der Waals surface area contributed by atoms with E-state index in [0.29, 0.717) is 13.1 Å². The molecule has 1 aliphatic rings. The maximum atomic E-state index is 11.8. The first-order chi connectivity index (χ1) is 11.1. The van der Waals surface area contributed by atoms with Crippen LogP contribution in [0.4, 0.5) is 0 Å². The van der Waals surface area contributed by atoms with Crippen molar-refractivity contribution in [1.82, 2.24) is 24.1 Å². The van der Waals surface area contributed by atoms with Crippen molar-refractivity contribution in [1.29, 1.82) is 0 Å². The Labute approximate surface area is 134 Å². The number of pyridine rings is 1. The smallest absolute Gasteiger partial charge is 0.213 e. The Morgan fingerprint density at radius 3 is 3.00 bits per heavy atom. The molecule has 1 saturated heterocycles. The van der Waals surface area contributed by atoms with Gasteiger partial charge in [0, 0.05) is 48.2 Å². The highest BCUT2D eigenvalue weighted by molar-refractivity contribution is 7.89. The molecule has 0 atom stereocenters. The van der Waals surface area contributed by atoms with E-state index in [1.165, 1.54) is 4.31 Å². The summed E-state index contributed by atoms with van der Waals surface area (Å²) in [4.78, 5) is 7.44. The standard InChI is InChI=1S/C15H17N5O2S/c1-2-23(21,22)19-9-12(10-19)20-8-11(6-18-20)14-7-17-15-13(14)4-3-5-16-15/h3-8,12H,2,9-10H2,1H3,(H,16,17). The monoisotopic (exact) mass is 331 g/mol. The van der Waals surface area contributed by atoms with E-state index in [-0.39, 0.29) is 11.8 Å². The fourth-order valence-electron chi connectivity index (χ4n) is 2.87. The van der Waals surface area contributed by atoms with Crippen molar-refractivity contribution < 1.29 is 8.42 Å². The van der Waals surface area contributed by atoms with Gasteiger partial charge in [0.1, 0.15) is 5.65 Å². The zero-order valence-electron chi connectivity index (χ0n) is 12.7. The van der Waals surface area contributed by atoms with Crippen molar-refractivity contribution in [3.63, 3.8) is 0 Å². The van der Waals surface area contributed by atoms with Gasteiger partial charge in [0.25, 0.3) is 0 Å². The number of H-pyrrole nitrogens is 1. The van der Waals surface area contributed by atoms with E-state index in [1.54, 1.807) is 13.1 Å². The summed E-state index contributed by atoms with van der Waals surface area (Å²) in [5, 5.41) is 5.46. The van der Waals surface area contributed by atoms with Gasteiger partial charge in [0.2, 0.25) is 10.0 Å². The minimum Gasteiger partial charge on any atom is -0.346 e. The van der Waals surface area contributed by atoms with Crippen LogP contribution in [-0.2, 0) is 10.0 Å². The van der Waals surface area contributed by atoms with Crippen LogP contribution in [0.1, 0.15) is 13.0 Å². The average molecular weight is 331 g/mol. The Hall–Kier alpha value is -2.19. The highest BCUT2D eigenvalue weighted by Crippen LogP contribution is 2.30. The first-order valence-corrected chi connectivity index (χ1v) is 9.14. The lowest BCUT2D eigenvalue weighted by Crippen LogP contribution is -2.51. The van der Waals surface area contributed by atoms with E-state index in [4.69, 9.17) is 0 Å². The van der Waals surface area contributed by atoms with Crippen LogP contribution >= 0.6 is 0 Å². The second kappa shape index (κ2) is 5.17. The molecule has 0 bridgehead atoms. The molecule has 4 heterocycles. The van der Waals surface area contributed by atoms with Gasteiger partial charge in [-0.25, -0.2) is 13.4 Å². The lowest BCUT2D eigenvalue weighted by Gasteiger charge is -2.37. The van der Waals surface area contributed by atoms with Crippen molar-refractivity contribution >= 4 is 21.1 Å². The van der Waals surface area contributed by atoms with E-state index >= 15 is 0 Å². The summed E-state index contributed by atoms with van der Waals surface area (Å²) in [5.41, 5.74) is 2.90. The quantitative estimate of drug-likeness (QED) is 0.787. The first kappa shape index (κ1) is 14.4. The summed E-state index contributed by atoms with van der Waals surface area (Å²) in [6, 6.07) is 4.03. The molecule has 23 heavy (non-hydrogen) atoms. The fourth-order valence-corrected chi connectivity index (χ4v) is 4.03. The zero-order valence-corrected chi connectivity index (χ0v) is 13.5. The number of nitrogens with one attached hydrogen (secondary N) is 1. The topological polar surface area (TPSA) is 83.9 Å². The van der Waals surface area contributed by atoms with Crippen LogP contribution in [0.25, 0.3) is 22.2 Å². The molecule has 1 fully saturated rings. The minimum absolute atomic E-state index is 0.105. The van der Waals surface area contributed by atoms with Gasteiger partial charge in [0.15, 0.2) is 0 Å². The number of aromatic nitrogens is 4. The molecule has 1 N–H and O–H groups in total. The number of sulfonamides is 1. The minimum atomic E-state index is -3.09. The number of hydrogen-bond acceptors (Lipinski definition) is 4. The Balaban J connectivity index is 1.57. The van der Waals surface area contributed by atoms with Gasteiger partial charge in [-0.3, -0.25) is 4.68 Å². The molecule has 120 valence electrons. The number of nitrogens with zero attached hydrogens (tertiary/aromatic N) is 4. The van der Waals surface area contributed by atoms with Gasteiger partial charge in [-0.1, -0.05) is 0 Å². The normalized spacial score (nSPS) is 16.7. The van der Waals surface area contributed by atoms with Crippen molar-refractivity contribution in [3.8, 4) is 11.1 Å². The molecular weight excluding hydrogens is 314 g/mol. The summed E-state index contributed by atoms with van der Waals surface area (Å²) >= 11 is 0. The SMILES string of the molecule is CCS(=O)(=O)N1CC(n2cc(-c3c[nH]c4ncccc34)cn2)C1. The van der Waals surface area contributed by atoms with Gasteiger partial charge in [-0.15, -0.1) is 0 Å². The third kappa shape index (κ3) is 2.34. The molecule has 4 rings (SSSR count).